The number of likely N-dealkylation sites (tertiary alicyclic amines) is 1. The van der Waals surface area contributed by atoms with E-state index in [2.05, 4.69) is 36.1 Å². The maximum atomic E-state index is 16.4. The van der Waals surface area contributed by atoms with Gasteiger partial charge < -0.3 is 9.47 Å². The average Bonchev–Trinajstić information content (AvgIpc) is 3.27. The summed E-state index contributed by atoms with van der Waals surface area (Å²) in [5, 5.41) is 0. The van der Waals surface area contributed by atoms with Crippen LogP contribution in [0.15, 0.2) is 36.4 Å². The van der Waals surface area contributed by atoms with Crippen molar-refractivity contribution in [3.05, 3.63) is 58.7 Å². The summed E-state index contributed by atoms with van der Waals surface area (Å²) in [6.07, 6.45) is 4.40. The number of fused-ring (bicyclic) bond motifs is 1. The largest absolute Gasteiger partial charge is 0.493 e. The average molecular weight is 450 g/mol. The predicted octanol–water partition coefficient (Wildman–Crippen LogP) is 5.29. The van der Waals surface area contributed by atoms with Gasteiger partial charge in [-0.25, -0.2) is 4.39 Å². The molecule has 6 rings (SSSR count). The number of aryl methyl sites for hydroxylation is 1. The fourth-order valence-electron chi connectivity index (χ4n) is 7.51. The first kappa shape index (κ1) is 21.2. The van der Waals surface area contributed by atoms with Crippen molar-refractivity contribution >= 4 is 5.78 Å². The van der Waals surface area contributed by atoms with E-state index in [4.69, 9.17) is 9.47 Å². The topological polar surface area (TPSA) is 38.8 Å². The lowest BCUT2D eigenvalue weighted by Gasteiger charge is -2.68. The molecule has 5 atom stereocenters. The van der Waals surface area contributed by atoms with Gasteiger partial charge in [0.15, 0.2) is 17.3 Å². The maximum Gasteiger partial charge on any atom is 0.166 e. The van der Waals surface area contributed by atoms with E-state index in [9.17, 15) is 4.79 Å². The molecule has 3 aliphatic carbocycles. The molecule has 33 heavy (non-hydrogen) atoms. The molecule has 3 fully saturated rings. The number of Topliss-reactive ketones (excluding diaryl/α,β-unsaturated/α-hetero) is 1. The van der Waals surface area contributed by atoms with Crippen LogP contribution in [0.3, 0.4) is 0 Å². The zero-order valence-electron chi connectivity index (χ0n) is 19.7. The van der Waals surface area contributed by atoms with Gasteiger partial charge >= 0.3 is 0 Å². The lowest BCUT2D eigenvalue weighted by Crippen LogP contribution is -2.74. The molecule has 2 saturated carbocycles. The molecule has 1 aliphatic heterocycles. The molecule has 5 heteroatoms. The maximum absolute atomic E-state index is 16.4. The number of carbonyl (C=O) groups excluding carboxylic acids is 1. The zero-order chi connectivity index (χ0) is 23.0. The Morgan fingerprint density at radius 1 is 1.12 bits per heavy atom. The first-order valence-corrected chi connectivity index (χ1v) is 12.2. The van der Waals surface area contributed by atoms with Gasteiger partial charge in [-0.1, -0.05) is 24.3 Å². The Kier molecular flexibility index (Phi) is 4.68. The number of halogens is 1. The second-order valence-corrected chi connectivity index (χ2v) is 10.8. The Labute approximate surface area is 195 Å². The molecule has 2 aromatic rings. The van der Waals surface area contributed by atoms with Crippen molar-refractivity contribution in [3.63, 3.8) is 0 Å². The monoisotopic (exact) mass is 449 g/mol. The number of nitrogens with zero attached hydrogens (tertiary/aromatic N) is 1. The van der Waals surface area contributed by atoms with Gasteiger partial charge in [0.1, 0.15) is 5.67 Å². The van der Waals surface area contributed by atoms with E-state index in [1.165, 1.54) is 17.5 Å². The number of hydrogen-bond donors (Lipinski definition) is 0. The summed E-state index contributed by atoms with van der Waals surface area (Å²) in [6.45, 7) is 3.07. The number of ether oxygens (including phenoxy) is 2. The third kappa shape index (κ3) is 3.01. The fraction of sp³-hybridized carbons (Fsp3) is 0.536. The molecule has 0 aromatic heterocycles. The quantitative estimate of drug-likeness (QED) is 0.601. The van der Waals surface area contributed by atoms with Crippen LogP contribution in [0.5, 0.6) is 11.5 Å². The summed E-state index contributed by atoms with van der Waals surface area (Å²) in [4.78, 5) is 15.8. The Hall–Kier alpha value is -2.40. The van der Waals surface area contributed by atoms with E-state index in [1.807, 2.05) is 6.07 Å². The minimum Gasteiger partial charge on any atom is -0.493 e. The Morgan fingerprint density at radius 2 is 1.88 bits per heavy atom. The molecular formula is C28H32FNO3. The van der Waals surface area contributed by atoms with Crippen molar-refractivity contribution in [2.45, 2.75) is 69.7 Å². The van der Waals surface area contributed by atoms with Crippen molar-refractivity contribution in [2.24, 2.45) is 11.3 Å². The highest BCUT2D eigenvalue weighted by atomic mass is 19.1. The zero-order valence-corrected chi connectivity index (χ0v) is 19.7. The van der Waals surface area contributed by atoms with E-state index in [0.29, 0.717) is 54.8 Å². The normalized spacial score (nSPS) is 34.2. The van der Waals surface area contributed by atoms with Crippen LogP contribution in [0.4, 0.5) is 4.39 Å². The van der Waals surface area contributed by atoms with Crippen molar-refractivity contribution in [1.29, 1.82) is 0 Å². The highest BCUT2D eigenvalue weighted by Crippen LogP contribution is 2.69. The molecule has 2 aromatic carbocycles. The van der Waals surface area contributed by atoms with E-state index in [-0.39, 0.29) is 17.1 Å². The smallest absolute Gasteiger partial charge is 0.166 e. The lowest BCUT2D eigenvalue weighted by atomic mass is 9.53. The van der Waals surface area contributed by atoms with Crippen molar-refractivity contribution in [3.8, 4) is 11.5 Å². The molecule has 174 valence electrons. The molecule has 5 unspecified atom stereocenters. The van der Waals surface area contributed by atoms with Crippen LogP contribution in [0.25, 0.3) is 0 Å². The van der Waals surface area contributed by atoms with Gasteiger partial charge in [0.2, 0.25) is 0 Å². The lowest BCUT2D eigenvalue weighted by molar-refractivity contribution is -0.193. The summed E-state index contributed by atoms with van der Waals surface area (Å²) < 4.78 is 27.2. The number of methoxy groups -OCH3 is 2. The Balaban J connectivity index is 1.19. The number of piperidine rings is 1. The molecule has 0 amide bonds. The van der Waals surface area contributed by atoms with Crippen LogP contribution in [0, 0.1) is 18.3 Å². The minimum absolute atomic E-state index is 0.0571. The summed E-state index contributed by atoms with van der Waals surface area (Å²) >= 11 is 0. The van der Waals surface area contributed by atoms with Crippen molar-refractivity contribution in [1.82, 2.24) is 4.90 Å². The number of benzene rings is 2. The van der Waals surface area contributed by atoms with Crippen molar-refractivity contribution in [2.75, 3.05) is 14.2 Å². The van der Waals surface area contributed by atoms with Gasteiger partial charge in [-0.15, -0.1) is 0 Å². The molecule has 1 heterocycles. The van der Waals surface area contributed by atoms with Gasteiger partial charge in [-0.2, -0.15) is 0 Å². The second-order valence-electron chi connectivity index (χ2n) is 10.8. The number of carbonyl (C=O) groups is 1. The molecule has 1 saturated heterocycles. The van der Waals surface area contributed by atoms with Crippen LogP contribution in [0.1, 0.15) is 59.2 Å². The van der Waals surface area contributed by atoms with Crippen LogP contribution >= 0.6 is 0 Å². The number of rotatable bonds is 6. The summed E-state index contributed by atoms with van der Waals surface area (Å²) in [5.41, 5.74) is 3.15. The van der Waals surface area contributed by atoms with Gasteiger partial charge in [-0.3, -0.25) is 9.69 Å². The van der Waals surface area contributed by atoms with Gasteiger partial charge in [-0.05, 0) is 74.3 Å². The number of hydrogen-bond acceptors (Lipinski definition) is 4. The molecule has 4 aliphatic rings. The van der Waals surface area contributed by atoms with Crippen LogP contribution in [0.2, 0.25) is 0 Å². The molecule has 0 N–H and O–H groups in total. The summed E-state index contributed by atoms with van der Waals surface area (Å²) in [7, 11) is 3.17. The molecule has 0 bridgehead atoms. The van der Waals surface area contributed by atoms with E-state index >= 15 is 4.39 Å². The summed E-state index contributed by atoms with van der Waals surface area (Å²) in [5.74, 6) is 0.949. The standard InChI is InChI=1S/C28H32FNO3/c1-17-6-4-5-7-18(17)15-30-24-8-9-28(24)16-27(29,14-25(28)30)13-20-10-19-11-22(32-2)23(33-3)12-21(19)26(20)31/h4-7,11-12,20,24-25H,8-10,13-16H2,1-3H3. The first-order chi connectivity index (χ1) is 15.9. The minimum atomic E-state index is -1.26. The Morgan fingerprint density at radius 3 is 2.58 bits per heavy atom. The number of ketones is 1. The van der Waals surface area contributed by atoms with E-state index in [1.54, 1.807) is 20.3 Å². The number of alkyl halides is 1. The second kappa shape index (κ2) is 7.30. The highest BCUT2D eigenvalue weighted by molar-refractivity contribution is 6.03. The highest BCUT2D eigenvalue weighted by Gasteiger charge is 2.72. The van der Waals surface area contributed by atoms with Crippen LogP contribution in [-0.4, -0.2) is 42.7 Å². The van der Waals surface area contributed by atoms with E-state index < -0.39 is 5.67 Å². The molecule has 1 spiro atoms. The summed E-state index contributed by atoms with van der Waals surface area (Å²) in [6, 6.07) is 13.0. The SMILES string of the molecule is COc1cc2c(cc1OC)C(=O)C(CC1(F)CC3N(Cc4ccccc4C)C4CCC43C1)C2. The van der Waals surface area contributed by atoms with Crippen molar-refractivity contribution < 1.29 is 18.7 Å². The van der Waals surface area contributed by atoms with Gasteiger partial charge in [0, 0.05) is 35.5 Å². The fourth-order valence-corrected chi connectivity index (χ4v) is 7.51. The first-order valence-electron chi connectivity index (χ1n) is 12.2. The van der Waals surface area contributed by atoms with Gasteiger partial charge in [0.05, 0.1) is 14.2 Å². The molecule has 4 nitrogen and oxygen atoms in total. The third-order valence-electron chi connectivity index (χ3n) is 9.15. The van der Waals surface area contributed by atoms with Crippen LogP contribution < -0.4 is 9.47 Å². The van der Waals surface area contributed by atoms with Gasteiger partial charge in [0.25, 0.3) is 0 Å². The predicted molar refractivity (Wildman–Crippen MR) is 125 cm³/mol. The Bertz CT molecular complexity index is 1130. The van der Waals surface area contributed by atoms with Crippen LogP contribution in [-0.2, 0) is 13.0 Å². The third-order valence-corrected chi connectivity index (χ3v) is 9.15. The molecule has 0 radical (unpaired) electrons. The molecular weight excluding hydrogens is 417 g/mol. The van der Waals surface area contributed by atoms with E-state index in [0.717, 1.165) is 18.5 Å².